The fraction of sp³-hybridized carbons (Fsp3) is 0.211. The van der Waals surface area contributed by atoms with Gasteiger partial charge in [0.1, 0.15) is 11.6 Å². The monoisotopic (exact) mass is 449 g/mol. The van der Waals surface area contributed by atoms with Crippen LogP contribution in [0, 0.1) is 17.5 Å². The second-order valence-electron chi connectivity index (χ2n) is 6.60. The van der Waals surface area contributed by atoms with Crippen molar-refractivity contribution < 1.29 is 17.6 Å². The summed E-state index contributed by atoms with van der Waals surface area (Å²) in [5.41, 5.74) is 0.901. The molecule has 3 aromatic rings. The Morgan fingerprint density at radius 2 is 1.93 bits per heavy atom. The summed E-state index contributed by atoms with van der Waals surface area (Å²) in [6, 6.07) is 9.56. The maximum Gasteiger partial charge on any atom is 0.261 e. The number of carbonyl (C=O) groups is 1. The van der Waals surface area contributed by atoms with Crippen LogP contribution in [0.2, 0.25) is 0 Å². The molecule has 1 aromatic heterocycles. The third-order valence-electron chi connectivity index (χ3n) is 4.45. The third kappa shape index (κ3) is 4.92. The molecular formula is C19H20FN5O3S2. The molecule has 1 amide bonds. The Kier molecular flexibility index (Phi) is 6.32. The maximum absolute atomic E-state index is 13.4. The largest absolute Gasteiger partial charge is 0.352 e. The fourth-order valence-electron chi connectivity index (χ4n) is 2.68. The number of rotatable bonds is 7. The van der Waals surface area contributed by atoms with Crippen LogP contribution in [-0.2, 0) is 23.5 Å². The first kappa shape index (κ1) is 21.7. The molecule has 11 heteroatoms. The zero-order valence-corrected chi connectivity index (χ0v) is 17.9. The molecule has 0 bridgehead atoms. The van der Waals surface area contributed by atoms with E-state index < -0.39 is 15.8 Å². The van der Waals surface area contributed by atoms with E-state index in [1.807, 2.05) is 0 Å². The van der Waals surface area contributed by atoms with Crippen molar-refractivity contribution in [1.82, 2.24) is 20.1 Å². The summed E-state index contributed by atoms with van der Waals surface area (Å²) in [6.07, 6.45) is 0.504. The number of hydrogen-bond donors (Lipinski definition) is 3. The Balaban J connectivity index is 1.61. The summed E-state index contributed by atoms with van der Waals surface area (Å²) in [5, 5.41) is 9.53. The number of H-pyrrole nitrogens is 1. The first-order valence-electron chi connectivity index (χ1n) is 8.95. The number of halogens is 1. The van der Waals surface area contributed by atoms with Crippen LogP contribution in [0.4, 0.5) is 10.1 Å². The lowest BCUT2D eigenvalue weighted by Gasteiger charge is -2.10. The van der Waals surface area contributed by atoms with Crippen molar-refractivity contribution in [1.29, 1.82) is 0 Å². The number of aromatic amines is 1. The standard InChI is InChI=1S/C19H20FN5O3S2/c1-12-11-15(7-8-16(12)20)30(27,28)24-14-5-3-13(4-6-14)18(26)21-10-9-17-22-23-19(29)25(17)2/h3-8,11,24H,9-10H2,1-2H3,(H,21,26)(H,23,29). The topological polar surface area (TPSA) is 109 Å². The molecule has 30 heavy (non-hydrogen) atoms. The molecule has 0 fully saturated rings. The predicted molar refractivity (Wildman–Crippen MR) is 113 cm³/mol. The number of carbonyl (C=O) groups excluding carboxylic acids is 1. The highest BCUT2D eigenvalue weighted by Crippen LogP contribution is 2.19. The van der Waals surface area contributed by atoms with Crippen LogP contribution in [0.3, 0.4) is 0 Å². The van der Waals surface area contributed by atoms with Crippen LogP contribution in [0.1, 0.15) is 21.7 Å². The predicted octanol–water partition coefficient (Wildman–Crippen LogP) is 2.70. The van der Waals surface area contributed by atoms with Gasteiger partial charge in [0.25, 0.3) is 15.9 Å². The highest BCUT2D eigenvalue weighted by atomic mass is 32.2. The summed E-state index contributed by atoms with van der Waals surface area (Å²) < 4.78 is 42.9. The van der Waals surface area contributed by atoms with E-state index in [2.05, 4.69) is 20.2 Å². The molecule has 0 saturated heterocycles. The van der Waals surface area contributed by atoms with Gasteiger partial charge in [-0.15, -0.1) is 0 Å². The van der Waals surface area contributed by atoms with Crippen LogP contribution < -0.4 is 10.0 Å². The average Bonchev–Trinajstić information content (AvgIpc) is 3.02. The van der Waals surface area contributed by atoms with Crippen molar-refractivity contribution in [3.05, 3.63) is 70.0 Å². The molecule has 2 aromatic carbocycles. The maximum atomic E-state index is 13.4. The molecule has 0 unspecified atom stereocenters. The molecule has 0 aliphatic rings. The highest BCUT2D eigenvalue weighted by molar-refractivity contribution is 7.92. The number of aryl methyl sites for hydroxylation is 1. The van der Waals surface area contributed by atoms with Gasteiger partial charge in [0, 0.05) is 31.3 Å². The van der Waals surface area contributed by atoms with Crippen LogP contribution in [0.5, 0.6) is 0 Å². The Morgan fingerprint density at radius 3 is 2.53 bits per heavy atom. The van der Waals surface area contributed by atoms with Gasteiger partial charge in [-0.05, 0) is 67.2 Å². The minimum Gasteiger partial charge on any atom is -0.352 e. The Hall–Kier alpha value is -3.05. The Bertz CT molecular complexity index is 1230. The molecule has 3 rings (SSSR count). The van der Waals surface area contributed by atoms with Crippen molar-refractivity contribution in [3.8, 4) is 0 Å². The van der Waals surface area contributed by atoms with E-state index in [4.69, 9.17) is 12.2 Å². The summed E-state index contributed by atoms with van der Waals surface area (Å²) in [4.78, 5) is 12.2. The summed E-state index contributed by atoms with van der Waals surface area (Å²) in [5.74, 6) is -0.0497. The van der Waals surface area contributed by atoms with Gasteiger partial charge in [-0.2, -0.15) is 5.10 Å². The van der Waals surface area contributed by atoms with Gasteiger partial charge < -0.3 is 9.88 Å². The minimum absolute atomic E-state index is 0.0445. The second-order valence-corrected chi connectivity index (χ2v) is 8.67. The van der Waals surface area contributed by atoms with Crippen molar-refractivity contribution in [2.75, 3.05) is 11.3 Å². The van der Waals surface area contributed by atoms with E-state index in [0.29, 0.717) is 23.3 Å². The zero-order valence-electron chi connectivity index (χ0n) is 16.3. The van der Waals surface area contributed by atoms with Crippen LogP contribution in [0.25, 0.3) is 0 Å². The smallest absolute Gasteiger partial charge is 0.261 e. The summed E-state index contributed by atoms with van der Waals surface area (Å²) in [7, 11) is -2.08. The normalized spacial score (nSPS) is 11.3. The quantitative estimate of drug-likeness (QED) is 0.481. The number of sulfonamides is 1. The summed E-state index contributed by atoms with van der Waals surface area (Å²) >= 11 is 5.04. The first-order valence-corrected chi connectivity index (χ1v) is 10.8. The van der Waals surface area contributed by atoms with E-state index in [-0.39, 0.29) is 22.1 Å². The molecule has 1 heterocycles. The number of amides is 1. The van der Waals surface area contributed by atoms with Crippen molar-refractivity contribution in [2.45, 2.75) is 18.2 Å². The lowest BCUT2D eigenvalue weighted by Crippen LogP contribution is -2.26. The number of aromatic nitrogens is 3. The molecule has 0 atom stereocenters. The van der Waals surface area contributed by atoms with E-state index in [0.717, 1.165) is 11.9 Å². The third-order valence-corrected chi connectivity index (χ3v) is 6.19. The van der Waals surface area contributed by atoms with Gasteiger partial charge in [-0.3, -0.25) is 14.6 Å². The zero-order chi connectivity index (χ0) is 21.9. The van der Waals surface area contributed by atoms with Crippen LogP contribution >= 0.6 is 12.2 Å². The number of hydrogen-bond acceptors (Lipinski definition) is 5. The molecule has 0 radical (unpaired) electrons. The highest BCUT2D eigenvalue weighted by Gasteiger charge is 2.16. The number of benzene rings is 2. The molecule has 0 aliphatic carbocycles. The SMILES string of the molecule is Cc1cc(S(=O)(=O)Nc2ccc(C(=O)NCCc3n[nH]c(=S)n3C)cc2)ccc1F. The second kappa shape index (κ2) is 8.76. The van der Waals surface area contributed by atoms with Crippen LogP contribution in [-0.4, -0.2) is 35.6 Å². The molecule has 158 valence electrons. The lowest BCUT2D eigenvalue weighted by molar-refractivity contribution is 0.0954. The first-order chi connectivity index (χ1) is 14.2. The molecule has 0 spiro atoms. The molecule has 0 saturated carbocycles. The number of nitrogens with one attached hydrogen (secondary N) is 3. The molecule has 0 aliphatic heterocycles. The van der Waals surface area contributed by atoms with Crippen molar-refractivity contribution in [3.63, 3.8) is 0 Å². The van der Waals surface area contributed by atoms with Gasteiger partial charge in [0.15, 0.2) is 4.77 Å². The minimum atomic E-state index is -3.87. The molecule has 3 N–H and O–H groups in total. The van der Waals surface area contributed by atoms with E-state index in [9.17, 15) is 17.6 Å². The fourth-order valence-corrected chi connectivity index (χ4v) is 3.98. The van der Waals surface area contributed by atoms with E-state index in [1.54, 1.807) is 11.6 Å². The van der Waals surface area contributed by atoms with E-state index in [1.165, 1.54) is 43.3 Å². The molecule has 8 nitrogen and oxygen atoms in total. The number of anilines is 1. The van der Waals surface area contributed by atoms with Gasteiger partial charge in [-0.25, -0.2) is 12.8 Å². The van der Waals surface area contributed by atoms with E-state index >= 15 is 0 Å². The lowest BCUT2D eigenvalue weighted by atomic mass is 10.2. The average molecular weight is 450 g/mol. The van der Waals surface area contributed by atoms with Crippen molar-refractivity contribution in [2.24, 2.45) is 7.05 Å². The van der Waals surface area contributed by atoms with Gasteiger partial charge in [0.05, 0.1) is 4.90 Å². The van der Waals surface area contributed by atoms with Crippen molar-refractivity contribution >= 4 is 33.8 Å². The van der Waals surface area contributed by atoms with Crippen LogP contribution in [0.15, 0.2) is 47.4 Å². The van der Waals surface area contributed by atoms with Gasteiger partial charge in [-0.1, -0.05) is 0 Å². The Morgan fingerprint density at radius 1 is 1.23 bits per heavy atom. The van der Waals surface area contributed by atoms with Gasteiger partial charge >= 0.3 is 0 Å². The summed E-state index contributed by atoms with van der Waals surface area (Å²) in [6.45, 7) is 1.86. The van der Waals surface area contributed by atoms with Gasteiger partial charge in [0.2, 0.25) is 0 Å². The Labute approximate surface area is 178 Å². The number of nitrogens with zero attached hydrogens (tertiary/aromatic N) is 2. The molecular weight excluding hydrogens is 429 g/mol.